The molecule has 1 unspecified atom stereocenters. The Morgan fingerprint density at radius 1 is 1.00 bits per heavy atom. The van der Waals surface area contributed by atoms with E-state index in [-0.39, 0.29) is 11.7 Å². The van der Waals surface area contributed by atoms with Gasteiger partial charge in [0.2, 0.25) is 3.79 Å². The van der Waals surface area contributed by atoms with Crippen LogP contribution in [0.25, 0.3) is 0 Å². The number of para-hydroxylation sites is 1. The smallest absolute Gasteiger partial charge is 0.409 e. The maximum Gasteiger partial charge on any atom is 0.409 e. The molecule has 0 fully saturated rings. The number of thiocarbonyl (C=S) groups is 1. The highest BCUT2D eigenvalue weighted by Crippen LogP contribution is 2.29. The molecule has 2 rings (SSSR count). The van der Waals surface area contributed by atoms with E-state index < -0.39 is 16.1 Å². The van der Waals surface area contributed by atoms with Crippen LogP contribution in [0.4, 0.5) is 10.5 Å². The normalized spacial score (nSPS) is 12.0. The Kier molecular flexibility index (Phi) is 9.49. The number of hydrogen-bond donors (Lipinski definition) is 3. The van der Waals surface area contributed by atoms with Gasteiger partial charge in [0.25, 0.3) is 0 Å². The van der Waals surface area contributed by atoms with Crippen molar-refractivity contribution in [2.75, 3.05) is 5.32 Å². The summed E-state index contributed by atoms with van der Waals surface area (Å²) in [7, 11) is 0. The average molecular weight is 489 g/mol. The van der Waals surface area contributed by atoms with Crippen molar-refractivity contribution >= 4 is 63.9 Å². The van der Waals surface area contributed by atoms with Crippen LogP contribution in [0.15, 0.2) is 48.5 Å². The van der Waals surface area contributed by atoms with Gasteiger partial charge in [-0.3, -0.25) is 5.32 Å². The molecule has 0 bridgehead atoms. The van der Waals surface area contributed by atoms with Crippen molar-refractivity contribution in [3.05, 3.63) is 65.2 Å². The number of alkyl carbamates (subject to hydrolysis) is 1. The van der Waals surface area contributed by atoms with Crippen LogP contribution in [0.3, 0.4) is 0 Å². The van der Waals surface area contributed by atoms with Crippen molar-refractivity contribution in [3.63, 3.8) is 0 Å². The molecule has 0 saturated heterocycles. The highest BCUT2D eigenvalue weighted by atomic mass is 35.6. The van der Waals surface area contributed by atoms with Crippen molar-refractivity contribution in [1.82, 2.24) is 10.6 Å². The Labute approximate surface area is 197 Å². The van der Waals surface area contributed by atoms with Crippen LogP contribution in [0.1, 0.15) is 30.5 Å². The third-order valence-electron chi connectivity index (χ3n) is 4.32. The summed E-state index contributed by atoms with van der Waals surface area (Å²) < 4.78 is 3.33. The van der Waals surface area contributed by atoms with Crippen molar-refractivity contribution in [3.8, 4) is 0 Å². The second kappa shape index (κ2) is 11.6. The first-order valence-electron chi connectivity index (χ1n) is 9.46. The van der Waals surface area contributed by atoms with Gasteiger partial charge in [-0.15, -0.1) is 0 Å². The minimum Gasteiger partial charge on any atom is -0.445 e. The fraction of sp³-hybridized carbons (Fsp3) is 0.333. The lowest BCUT2D eigenvalue weighted by Gasteiger charge is -2.28. The summed E-state index contributed by atoms with van der Waals surface area (Å²) in [4.78, 5) is 12.2. The summed E-state index contributed by atoms with van der Waals surface area (Å²) in [6.07, 6.45) is -0.189. The van der Waals surface area contributed by atoms with E-state index in [0.29, 0.717) is 0 Å². The highest BCUT2D eigenvalue weighted by Gasteiger charge is 2.35. The Bertz CT molecular complexity index is 838. The zero-order chi connectivity index (χ0) is 22.1. The summed E-state index contributed by atoms with van der Waals surface area (Å²) in [5, 5.41) is 8.74. The van der Waals surface area contributed by atoms with Gasteiger partial charge in [0.1, 0.15) is 6.61 Å². The molecular formula is C21H24Cl3N3O2S. The van der Waals surface area contributed by atoms with E-state index >= 15 is 0 Å². The number of aryl methyl sites for hydroxylation is 2. The number of ether oxygens (including phenoxy) is 1. The van der Waals surface area contributed by atoms with Gasteiger partial charge in [0.15, 0.2) is 11.3 Å². The highest BCUT2D eigenvalue weighted by molar-refractivity contribution is 7.80. The molecule has 5 nitrogen and oxygen atoms in total. The van der Waals surface area contributed by atoms with E-state index in [1.807, 2.05) is 48.5 Å². The van der Waals surface area contributed by atoms with Gasteiger partial charge in [-0.1, -0.05) is 97.2 Å². The largest absolute Gasteiger partial charge is 0.445 e. The van der Waals surface area contributed by atoms with Gasteiger partial charge in [0.05, 0.1) is 0 Å². The summed E-state index contributed by atoms with van der Waals surface area (Å²) in [6.45, 7) is 4.21. The van der Waals surface area contributed by atoms with Gasteiger partial charge in [-0.2, -0.15) is 0 Å². The van der Waals surface area contributed by atoms with Crippen LogP contribution in [0, 0.1) is 0 Å². The monoisotopic (exact) mass is 487 g/mol. The van der Waals surface area contributed by atoms with Crippen LogP contribution in [-0.4, -0.2) is 21.2 Å². The van der Waals surface area contributed by atoms with Crippen LogP contribution in [0.2, 0.25) is 0 Å². The quantitative estimate of drug-likeness (QED) is 0.264. The summed E-state index contributed by atoms with van der Waals surface area (Å²) in [5.74, 6) is 0. The number of carbonyl (C=O) groups excluding carboxylic acids is 1. The predicted molar refractivity (Wildman–Crippen MR) is 128 cm³/mol. The standard InChI is InChI=1S/C21H24Cl3N3O2S/c1-3-15-11-8-12-16(4-2)17(15)25-19(30)26-18(21(22,23)24)27-20(28)29-13-14-9-6-5-7-10-14/h5-12,18H,3-4,13H2,1-2H3,(H,27,28)(H2,25,26,30). The molecule has 0 spiro atoms. The molecule has 2 aromatic rings. The van der Waals surface area contributed by atoms with Gasteiger partial charge < -0.3 is 15.4 Å². The number of halogens is 3. The van der Waals surface area contributed by atoms with E-state index in [1.165, 1.54) is 0 Å². The Morgan fingerprint density at radius 3 is 2.13 bits per heavy atom. The molecule has 1 amide bonds. The zero-order valence-corrected chi connectivity index (χ0v) is 19.8. The molecular weight excluding hydrogens is 465 g/mol. The molecule has 9 heteroatoms. The minimum absolute atomic E-state index is 0.0890. The van der Waals surface area contributed by atoms with Gasteiger partial charge in [-0.25, -0.2) is 4.79 Å². The molecule has 0 saturated carbocycles. The fourth-order valence-electron chi connectivity index (χ4n) is 2.77. The lowest BCUT2D eigenvalue weighted by atomic mass is 10.0. The maximum atomic E-state index is 12.2. The van der Waals surface area contributed by atoms with E-state index in [2.05, 4.69) is 29.8 Å². The summed E-state index contributed by atoms with van der Waals surface area (Å²) in [6, 6.07) is 15.3. The summed E-state index contributed by atoms with van der Waals surface area (Å²) in [5.41, 5.74) is 3.97. The number of alkyl halides is 3. The molecule has 1 atom stereocenters. The average Bonchev–Trinajstić information content (AvgIpc) is 2.72. The number of amides is 1. The fourth-order valence-corrected chi connectivity index (χ4v) is 3.31. The molecule has 0 aliphatic rings. The van der Waals surface area contributed by atoms with Gasteiger partial charge in [0, 0.05) is 5.69 Å². The van der Waals surface area contributed by atoms with E-state index in [4.69, 9.17) is 51.8 Å². The molecule has 162 valence electrons. The van der Waals surface area contributed by atoms with Crippen molar-refractivity contribution < 1.29 is 9.53 Å². The zero-order valence-electron chi connectivity index (χ0n) is 16.7. The van der Waals surface area contributed by atoms with Gasteiger partial charge in [-0.05, 0) is 41.7 Å². The molecule has 3 N–H and O–H groups in total. The first-order chi connectivity index (χ1) is 14.2. The molecule has 0 aliphatic heterocycles. The van der Waals surface area contributed by atoms with Crippen molar-refractivity contribution in [2.45, 2.75) is 43.3 Å². The van der Waals surface area contributed by atoms with E-state index in [9.17, 15) is 4.79 Å². The van der Waals surface area contributed by atoms with E-state index in [0.717, 1.165) is 35.2 Å². The molecule has 0 aromatic heterocycles. The van der Waals surface area contributed by atoms with Crippen LogP contribution in [0.5, 0.6) is 0 Å². The number of nitrogens with one attached hydrogen (secondary N) is 3. The first kappa shape index (κ1) is 24.5. The SMILES string of the molecule is CCc1cccc(CC)c1NC(=S)NC(NC(=O)OCc1ccccc1)C(Cl)(Cl)Cl. The number of anilines is 1. The van der Waals surface area contributed by atoms with E-state index in [1.54, 1.807) is 0 Å². The number of benzene rings is 2. The van der Waals surface area contributed by atoms with Gasteiger partial charge >= 0.3 is 6.09 Å². The molecule has 30 heavy (non-hydrogen) atoms. The predicted octanol–water partition coefficient (Wildman–Crippen LogP) is 5.72. The lowest BCUT2D eigenvalue weighted by Crippen LogP contribution is -2.56. The molecule has 0 aliphatic carbocycles. The van der Waals surface area contributed by atoms with Crippen LogP contribution < -0.4 is 16.0 Å². The topological polar surface area (TPSA) is 62.4 Å². The second-order valence-electron chi connectivity index (χ2n) is 6.44. The minimum atomic E-state index is -1.87. The Hall–Kier alpha value is -1.73. The molecule has 0 heterocycles. The Morgan fingerprint density at radius 2 is 1.60 bits per heavy atom. The maximum absolute atomic E-state index is 12.2. The lowest BCUT2D eigenvalue weighted by molar-refractivity contribution is 0.135. The van der Waals surface area contributed by atoms with Crippen LogP contribution >= 0.6 is 47.0 Å². The second-order valence-corrected chi connectivity index (χ2v) is 9.21. The summed E-state index contributed by atoms with van der Waals surface area (Å²) >= 11 is 23.5. The first-order valence-corrected chi connectivity index (χ1v) is 11.0. The molecule has 0 radical (unpaired) electrons. The number of hydrogen-bond acceptors (Lipinski definition) is 3. The van der Waals surface area contributed by atoms with Crippen molar-refractivity contribution in [2.24, 2.45) is 0 Å². The molecule has 2 aromatic carbocycles. The third-order valence-corrected chi connectivity index (χ3v) is 5.19. The third kappa shape index (κ3) is 7.51. The van der Waals surface area contributed by atoms with Crippen molar-refractivity contribution in [1.29, 1.82) is 0 Å². The Balaban J connectivity index is 2.02. The number of carbonyl (C=O) groups is 1. The number of rotatable bonds is 7. The van der Waals surface area contributed by atoms with Crippen LogP contribution in [-0.2, 0) is 24.2 Å².